The van der Waals surface area contributed by atoms with Crippen LogP contribution in [0, 0.1) is 25.7 Å². The molecule has 0 saturated carbocycles. The molecule has 0 aromatic heterocycles. The fourth-order valence-electron chi connectivity index (χ4n) is 6.63. The SMILES string of the molecule is C=CCN(C(=O)C1N([C@@H](CC)CO)C(=O)[C@@H]2[C@@H](C(=O)OCC)[C@@]3(C)CCC12S3)c1cc(C)ccc1C. The Balaban J connectivity index is 1.87. The molecule has 3 saturated heterocycles. The van der Waals surface area contributed by atoms with Crippen molar-refractivity contribution in [2.45, 2.75) is 75.5 Å². The predicted octanol–water partition coefficient (Wildman–Crippen LogP) is 3.64. The van der Waals surface area contributed by atoms with E-state index in [9.17, 15) is 19.5 Å². The summed E-state index contributed by atoms with van der Waals surface area (Å²) in [4.78, 5) is 45.3. The highest BCUT2D eigenvalue weighted by Gasteiger charge is 2.78. The fourth-order valence-corrected chi connectivity index (χ4v) is 8.96. The van der Waals surface area contributed by atoms with Gasteiger partial charge in [-0.3, -0.25) is 14.4 Å². The zero-order valence-corrected chi connectivity index (χ0v) is 22.8. The highest BCUT2D eigenvalue weighted by Crippen LogP contribution is 2.71. The number of anilines is 1. The third-order valence-corrected chi connectivity index (χ3v) is 10.3. The van der Waals surface area contributed by atoms with E-state index in [-0.39, 0.29) is 31.0 Å². The lowest BCUT2D eigenvalue weighted by atomic mass is 9.66. The van der Waals surface area contributed by atoms with Crippen LogP contribution in [0.2, 0.25) is 0 Å². The van der Waals surface area contributed by atoms with E-state index in [1.807, 2.05) is 45.9 Å². The fraction of sp³-hybridized carbons (Fsp3) is 0.607. The molecule has 2 bridgehead atoms. The zero-order valence-electron chi connectivity index (χ0n) is 22.0. The molecular formula is C28H38N2O5S. The van der Waals surface area contributed by atoms with Crippen molar-refractivity contribution in [3.8, 4) is 0 Å². The number of rotatable bonds is 9. The summed E-state index contributed by atoms with van der Waals surface area (Å²) in [5.74, 6) is -2.04. The van der Waals surface area contributed by atoms with Crippen LogP contribution in [0.3, 0.4) is 0 Å². The van der Waals surface area contributed by atoms with Gasteiger partial charge in [-0.05, 0) is 64.2 Å². The Morgan fingerprint density at radius 1 is 1.33 bits per heavy atom. The minimum atomic E-state index is -0.793. The van der Waals surface area contributed by atoms with Gasteiger partial charge in [0, 0.05) is 17.0 Å². The molecule has 1 spiro atoms. The van der Waals surface area contributed by atoms with Gasteiger partial charge in [0.15, 0.2) is 0 Å². The summed E-state index contributed by atoms with van der Waals surface area (Å²) < 4.78 is 4.22. The van der Waals surface area contributed by atoms with Gasteiger partial charge in [0.05, 0.1) is 35.8 Å². The van der Waals surface area contributed by atoms with Crippen molar-refractivity contribution in [1.82, 2.24) is 4.90 Å². The molecule has 7 nitrogen and oxygen atoms in total. The number of likely N-dealkylation sites (tertiary alicyclic amines) is 1. The predicted molar refractivity (Wildman–Crippen MR) is 142 cm³/mol. The molecule has 3 heterocycles. The second-order valence-electron chi connectivity index (χ2n) is 10.5. The molecule has 196 valence electrons. The Labute approximate surface area is 218 Å². The minimum Gasteiger partial charge on any atom is -0.466 e. The van der Waals surface area contributed by atoms with E-state index in [4.69, 9.17) is 4.74 Å². The number of thioether (sulfide) groups is 1. The molecule has 0 aliphatic carbocycles. The van der Waals surface area contributed by atoms with Crippen LogP contribution in [0.4, 0.5) is 5.69 Å². The number of aliphatic hydroxyl groups is 1. The highest BCUT2D eigenvalue weighted by molar-refractivity contribution is 8.02. The number of benzene rings is 1. The smallest absolute Gasteiger partial charge is 0.311 e. The molecule has 36 heavy (non-hydrogen) atoms. The number of carbonyl (C=O) groups excluding carboxylic acids is 3. The van der Waals surface area contributed by atoms with Crippen molar-refractivity contribution in [2.24, 2.45) is 11.8 Å². The minimum absolute atomic E-state index is 0.187. The van der Waals surface area contributed by atoms with Crippen LogP contribution in [0.5, 0.6) is 0 Å². The second kappa shape index (κ2) is 9.86. The standard InChI is InChI=1S/C28H38N2O5S/c1-7-14-29(20-15-17(4)10-11-18(20)5)25(33)23-28-13-12-27(6,36-28)22(26(34)35-9-3)21(28)24(32)30(23)19(8-2)16-31/h7,10-11,15,19,21-23,31H,1,8-9,12-14,16H2,2-6H3/t19-,21-,22-,23?,27+,28?/m0/s1. The maximum Gasteiger partial charge on any atom is 0.311 e. The first-order chi connectivity index (χ1) is 17.1. The maximum atomic E-state index is 14.6. The van der Waals surface area contributed by atoms with Gasteiger partial charge in [-0.2, -0.15) is 0 Å². The van der Waals surface area contributed by atoms with Crippen molar-refractivity contribution < 1.29 is 24.2 Å². The number of esters is 1. The van der Waals surface area contributed by atoms with E-state index in [0.29, 0.717) is 19.4 Å². The molecule has 2 amide bonds. The van der Waals surface area contributed by atoms with Gasteiger partial charge in [0.25, 0.3) is 5.91 Å². The molecule has 3 aliphatic rings. The lowest BCUT2D eigenvalue weighted by Crippen LogP contribution is -2.57. The molecule has 2 unspecified atom stereocenters. The van der Waals surface area contributed by atoms with Crippen LogP contribution in [-0.4, -0.2) is 69.1 Å². The summed E-state index contributed by atoms with van der Waals surface area (Å²) >= 11 is 1.62. The Morgan fingerprint density at radius 2 is 2.06 bits per heavy atom. The van der Waals surface area contributed by atoms with Crippen LogP contribution in [0.15, 0.2) is 30.9 Å². The van der Waals surface area contributed by atoms with E-state index in [2.05, 4.69) is 6.58 Å². The quantitative estimate of drug-likeness (QED) is 0.400. The van der Waals surface area contributed by atoms with Crippen molar-refractivity contribution >= 4 is 35.2 Å². The van der Waals surface area contributed by atoms with Gasteiger partial charge < -0.3 is 19.6 Å². The Morgan fingerprint density at radius 3 is 2.67 bits per heavy atom. The average molecular weight is 515 g/mol. The topological polar surface area (TPSA) is 87.2 Å². The maximum absolute atomic E-state index is 14.6. The third-order valence-electron chi connectivity index (χ3n) is 8.30. The number of ether oxygens (including phenoxy) is 1. The molecule has 1 aromatic carbocycles. The normalized spacial score (nSPS) is 31.3. The number of aliphatic hydroxyl groups excluding tert-OH is 1. The van der Waals surface area contributed by atoms with Gasteiger partial charge in [-0.1, -0.05) is 25.1 Å². The molecule has 4 rings (SSSR count). The lowest BCUT2D eigenvalue weighted by molar-refractivity contribution is -0.155. The molecule has 8 heteroatoms. The van der Waals surface area contributed by atoms with E-state index in [1.165, 1.54) is 0 Å². The molecular weight excluding hydrogens is 476 g/mol. The van der Waals surface area contributed by atoms with Crippen LogP contribution in [-0.2, 0) is 19.1 Å². The first-order valence-corrected chi connectivity index (χ1v) is 13.7. The van der Waals surface area contributed by atoms with E-state index in [0.717, 1.165) is 23.2 Å². The second-order valence-corrected chi connectivity index (χ2v) is 12.4. The van der Waals surface area contributed by atoms with Crippen LogP contribution >= 0.6 is 11.8 Å². The summed E-state index contributed by atoms with van der Waals surface area (Å²) in [6.07, 6.45) is 3.58. The van der Waals surface area contributed by atoms with Crippen molar-refractivity contribution in [3.63, 3.8) is 0 Å². The summed E-state index contributed by atoms with van der Waals surface area (Å²) in [7, 11) is 0. The number of nitrogens with zero attached hydrogens (tertiary/aromatic N) is 2. The van der Waals surface area contributed by atoms with Crippen LogP contribution in [0.25, 0.3) is 0 Å². The van der Waals surface area contributed by atoms with E-state index >= 15 is 0 Å². The van der Waals surface area contributed by atoms with Gasteiger partial charge in [0.1, 0.15) is 6.04 Å². The summed E-state index contributed by atoms with van der Waals surface area (Å²) in [6.45, 7) is 13.8. The first kappa shape index (κ1) is 26.7. The van der Waals surface area contributed by atoms with Gasteiger partial charge in [-0.25, -0.2) is 0 Å². The van der Waals surface area contributed by atoms with Crippen LogP contribution < -0.4 is 4.90 Å². The molecule has 1 N–H and O–H groups in total. The van der Waals surface area contributed by atoms with E-state index in [1.54, 1.807) is 34.6 Å². The van der Waals surface area contributed by atoms with Gasteiger partial charge in [-0.15, -0.1) is 18.3 Å². The largest absolute Gasteiger partial charge is 0.466 e. The number of fused-ring (bicyclic) bond motifs is 1. The number of carbonyl (C=O) groups is 3. The van der Waals surface area contributed by atoms with Crippen molar-refractivity contribution in [3.05, 3.63) is 42.0 Å². The summed E-state index contributed by atoms with van der Waals surface area (Å²) in [5, 5.41) is 10.3. The number of amides is 2. The third kappa shape index (κ3) is 3.88. The van der Waals surface area contributed by atoms with Gasteiger partial charge >= 0.3 is 5.97 Å². The monoisotopic (exact) mass is 514 g/mol. The number of hydrogen-bond acceptors (Lipinski definition) is 6. The molecule has 0 radical (unpaired) electrons. The molecule has 6 atom stereocenters. The molecule has 3 aliphatic heterocycles. The Hall–Kier alpha value is -2.32. The highest BCUT2D eigenvalue weighted by atomic mass is 32.2. The molecule has 3 fully saturated rings. The molecule has 1 aromatic rings. The Bertz CT molecular complexity index is 1070. The first-order valence-electron chi connectivity index (χ1n) is 12.9. The summed E-state index contributed by atoms with van der Waals surface area (Å²) in [6, 6.07) is 4.68. The van der Waals surface area contributed by atoms with Crippen molar-refractivity contribution in [1.29, 1.82) is 0 Å². The summed E-state index contributed by atoms with van der Waals surface area (Å²) in [5.41, 5.74) is 2.77. The lowest BCUT2D eigenvalue weighted by Gasteiger charge is -2.39. The van der Waals surface area contributed by atoms with Gasteiger partial charge in [0.2, 0.25) is 5.91 Å². The number of aryl methyl sites for hydroxylation is 2. The van der Waals surface area contributed by atoms with E-state index < -0.39 is 33.4 Å². The average Bonchev–Trinajstić information content (AvgIpc) is 3.41. The Kier molecular flexibility index (Phi) is 7.32. The number of hydrogen-bond donors (Lipinski definition) is 1. The van der Waals surface area contributed by atoms with Crippen molar-refractivity contribution in [2.75, 3.05) is 24.7 Å². The van der Waals surface area contributed by atoms with Crippen LogP contribution in [0.1, 0.15) is 51.2 Å². The zero-order chi connectivity index (χ0) is 26.4.